The lowest BCUT2D eigenvalue weighted by atomic mass is 10.2. The van der Waals surface area contributed by atoms with Crippen molar-refractivity contribution in [1.29, 1.82) is 0 Å². The van der Waals surface area contributed by atoms with Gasteiger partial charge in [-0.25, -0.2) is 4.79 Å². The Morgan fingerprint density at radius 1 is 1.50 bits per heavy atom. The molecule has 0 aromatic carbocycles. The second kappa shape index (κ2) is 6.78. The summed E-state index contributed by atoms with van der Waals surface area (Å²) in [6.45, 7) is 4.43. The Kier molecular flexibility index (Phi) is 5.35. The summed E-state index contributed by atoms with van der Waals surface area (Å²) in [5.74, 6) is -1.24. The van der Waals surface area contributed by atoms with E-state index in [1.54, 1.807) is 6.92 Å². The number of nitrogens with zero attached hydrogens (tertiary/aromatic N) is 2. The van der Waals surface area contributed by atoms with Crippen LogP contribution in [0.25, 0.3) is 0 Å². The first-order valence-electron chi connectivity index (χ1n) is 6.12. The number of nitrogens with one attached hydrogen (secondary N) is 1. The molecule has 0 saturated heterocycles. The van der Waals surface area contributed by atoms with Gasteiger partial charge >= 0.3 is 5.97 Å². The number of unbranched alkanes of at least 4 members (excludes halogenated alkanes) is 2. The fraction of sp³-hybridized carbons (Fsp3) is 0.583. The van der Waals surface area contributed by atoms with E-state index in [-0.39, 0.29) is 11.6 Å². The van der Waals surface area contributed by atoms with E-state index in [1.165, 1.54) is 16.9 Å². The lowest BCUT2D eigenvalue weighted by Crippen LogP contribution is -2.32. The molecule has 2 N–H and O–H groups in total. The Morgan fingerprint density at radius 2 is 2.22 bits per heavy atom. The molecule has 1 atom stereocenters. The van der Waals surface area contributed by atoms with Crippen LogP contribution < -0.4 is 5.32 Å². The van der Waals surface area contributed by atoms with E-state index in [1.807, 2.05) is 0 Å². The molecule has 0 aliphatic rings. The molecular weight excluding hydrogens is 234 g/mol. The van der Waals surface area contributed by atoms with Crippen molar-refractivity contribution in [2.45, 2.75) is 39.2 Å². The van der Waals surface area contributed by atoms with E-state index in [4.69, 9.17) is 5.11 Å². The Labute approximate surface area is 106 Å². The number of rotatable bonds is 7. The van der Waals surface area contributed by atoms with E-state index in [2.05, 4.69) is 17.3 Å². The first kappa shape index (κ1) is 14.2. The molecule has 1 rings (SSSR count). The highest BCUT2D eigenvalue weighted by molar-refractivity contribution is 5.85. The molecule has 0 spiro atoms. The highest BCUT2D eigenvalue weighted by Gasteiger charge is 2.16. The third kappa shape index (κ3) is 3.87. The van der Waals surface area contributed by atoms with E-state index in [0.717, 1.165) is 19.3 Å². The zero-order valence-electron chi connectivity index (χ0n) is 10.7. The van der Waals surface area contributed by atoms with Gasteiger partial charge in [0, 0.05) is 12.7 Å². The Morgan fingerprint density at radius 3 is 2.78 bits per heavy atom. The van der Waals surface area contributed by atoms with Gasteiger partial charge in [0.2, 0.25) is 5.91 Å². The number of hydrogen-bond donors (Lipinski definition) is 2. The number of carbonyl (C=O) groups excluding carboxylic acids is 1. The summed E-state index contributed by atoms with van der Waals surface area (Å²) in [5.41, 5.74) is -0.0550. The number of aromatic carboxylic acids is 1. The molecule has 0 saturated carbocycles. The molecule has 0 radical (unpaired) electrons. The maximum Gasteiger partial charge on any atom is 0.356 e. The minimum absolute atomic E-state index is 0.0550. The molecule has 1 amide bonds. The second-order valence-electron chi connectivity index (χ2n) is 4.16. The number of hydrogen-bond acceptors (Lipinski definition) is 3. The first-order valence-corrected chi connectivity index (χ1v) is 6.12. The summed E-state index contributed by atoms with van der Waals surface area (Å²) < 4.78 is 1.36. The Hall–Kier alpha value is -1.85. The van der Waals surface area contributed by atoms with Gasteiger partial charge in [0.15, 0.2) is 5.69 Å². The summed E-state index contributed by atoms with van der Waals surface area (Å²) in [5, 5.41) is 15.4. The van der Waals surface area contributed by atoms with Crippen LogP contribution in [0, 0.1) is 0 Å². The normalized spacial score (nSPS) is 12.1. The van der Waals surface area contributed by atoms with Crippen LogP contribution in [0.15, 0.2) is 12.3 Å². The fourth-order valence-electron chi connectivity index (χ4n) is 1.52. The van der Waals surface area contributed by atoms with Gasteiger partial charge in [-0.05, 0) is 19.4 Å². The van der Waals surface area contributed by atoms with Crippen LogP contribution in [0.5, 0.6) is 0 Å². The predicted octanol–water partition coefficient (Wildman–Crippen LogP) is 1.45. The zero-order chi connectivity index (χ0) is 13.5. The van der Waals surface area contributed by atoms with Gasteiger partial charge in [0.1, 0.15) is 6.04 Å². The largest absolute Gasteiger partial charge is 0.476 e. The van der Waals surface area contributed by atoms with Crippen molar-refractivity contribution in [2.75, 3.05) is 6.54 Å². The standard InChI is InChI=1S/C12H19N3O3/c1-3-4-5-7-13-11(16)9(2)15-8-6-10(14-15)12(17)18/h6,8-9H,3-5,7H2,1-2H3,(H,13,16)(H,17,18). The van der Waals surface area contributed by atoms with Gasteiger partial charge in [0.05, 0.1) is 0 Å². The molecular formula is C12H19N3O3. The number of aromatic nitrogens is 2. The molecule has 6 heteroatoms. The van der Waals surface area contributed by atoms with Crippen LogP contribution in [-0.2, 0) is 4.79 Å². The molecule has 18 heavy (non-hydrogen) atoms. The predicted molar refractivity (Wildman–Crippen MR) is 66.4 cm³/mol. The van der Waals surface area contributed by atoms with Crippen molar-refractivity contribution in [2.24, 2.45) is 0 Å². The van der Waals surface area contributed by atoms with Crippen molar-refractivity contribution in [3.05, 3.63) is 18.0 Å². The molecule has 0 aliphatic carbocycles. The van der Waals surface area contributed by atoms with Gasteiger partial charge < -0.3 is 10.4 Å². The van der Waals surface area contributed by atoms with Crippen molar-refractivity contribution < 1.29 is 14.7 Å². The molecule has 1 aromatic rings. The lowest BCUT2D eigenvalue weighted by Gasteiger charge is -2.12. The van der Waals surface area contributed by atoms with E-state index >= 15 is 0 Å². The number of carboxylic acids is 1. The number of carboxylic acid groups (broad SMARTS) is 1. The van der Waals surface area contributed by atoms with Crippen LogP contribution in [0.1, 0.15) is 49.6 Å². The van der Waals surface area contributed by atoms with Gasteiger partial charge in [-0.2, -0.15) is 5.10 Å². The molecule has 100 valence electrons. The van der Waals surface area contributed by atoms with Crippen molar-refractivity contribution in [3.63, 3.8) is 0 Å². The van der Waals surface area contributed by atoms with Gasteiger partial charge in [0.25, 0.3) is 0 Å². The molecule has 1 aromatic heterocycles. The molecule has 0 aliphatic heterocycles. The van der Waals surface area contributed by atoms with Gasteiger partial charge in [-0.15, -0.1) is 0 Å². The number of carbonyl (C=O) groups is 2. The van der Waals surface area contributed by atoms with Crippen LogP contribution in [0.4, 0.5) is 0 Å². The van der Waals surface area contributed by atoms with Crippen LogP contribution >= 0.6 is 0 Å². The highest BCUT2D eigenvalue weighted by atomic mass is 16.4. The summed E-state index contributed by atoms with van der Waals surface area (Å²) in [6.07, 6.45) is 4.64. The minimum Gasteiger partial charge on any atom is -0.476 e. The van der Waals surface area contributed by atoms with Crippen molar-refractivity contribution in [1.82, 2.24) is 15.1 Å². The summed E-state index contributed by atoms with van der Waals surface area (Å²) in [7, 11) is 0. The third-order valence-corrected chi connectivity index (χ3v) is 2.68. The minimum atomic E-state index is -1.09. The zero-order valence-corrected chi connectivity index (χ0v) is 10.7. The average molecular weight is 253 g/mol. The van der Waals surface area contributed by atoms with Crippen LogP contribution in [0.2, 0.25) is 0 Å². The monoisotopic (exact) mass is 253 g/mol. The molecule has 6 nitrogen and oxygen atoms in total. The van der Waals surface area contributed by atoms with E-state index in [9.17, 15) is 9.59 Å². The molecule has 0 bridgehead atoms. The van der Waals surface area contributed by atoms with Crippen molar-refractivity contribution in [3.8, 4) is 0 Å². The fourth-order valence-corrected chi connectivity index (χ4v) is 1.52. The molecule has 0 fully saturated rings. The quantitative estimate of drug-likeness (QED) is 0.720. The van der Waals surface area contributed by atoms with E-state index in [0.29, 0.717) is 6.54 Å². The SMILES string of the molecule is CCCCCNC(=O)C(C)n1ccc(C(=O)O)n1. The highest BCUT2D eigenvalue weighted by Crippen LogP contribution is 2.06. The van der Waals surface area contributed by atoms with Gasteiger partial charge in [-0.3, -0.25) is 9.48 Å². The molecule has 1 unspecified atom stereocenters. The van der Waals surface area contributed by atoms with Gasteiger partial charge in [-0.1, -0.05) is 19.8 Å². The Bertz CT molecular complexity index is 414. The smallest absolute Gasteiger partial charge is 0.356 e. The van der Waals surface area contributed by atoms with Crippen LogP contribution in [-0.4, -0.2) is 33.3 Å². The second-order valence-corrected chi connectivity index (χ2v) is 4.16. The summed E-state index contributed by atoms with van der Waals surface area (Å²) in [4.78, 5) is 22.4. The summed E-state index contributed by atoms with van der Waals surface area (Å²) in [6, 6.07) is 0.878. The topological polar surface area (TPSA) is 84.2 Å². The summed E-state index contributed by atoms with van der Waals surface area (Å²) >= 11 is 0. The maximum atomic E-state index is 11.8. The number of amides is 1. The maximum absolute atomic E-state index is 11.8. The van der Waals surface area contributed by atoms with Crippen molar-refractivity contribution >= 4 is 11.9 Å². The third-order valence-electron chi connectivity index (χ3n) is 2.68. The average Bonchev–Trinajstić information content (AvgIpc) is 2.83. The first-order chi connectivity index (χ1) is 8.56. The Balaban J connectivity index is 2.49. The molecule has 1 heterocycles. The lowest BCUT2D eigenvalue weighted by molar-refractivity contribution is -0.124. The van der Waals surface area contributed by atoms with E-state index < -0.39 is 12.0 Å². The van der Waals surface area contributed by atoms with Crippen LogP contribution in [0.3, 0.4) is 0 Å².